The van der Waals surface area contributed by atoms with Crippen molar-refractivity contribution in [3.8, 4) is 0 Å². The molecule has 2 heteroatoms. The van der Waals surface area contributed by atoms with Gasteiger partial charge >= 0.3 is 0 Å². The number of fused-ring (bicyclic) bond motifs is 1. The van der Waals surface area contributed by atoms with E-state index in [1.54, 1.807) is 0 Å². The molecule has 1 radical (unpaired) electrons. The first kappa shape index (κ1) is 9.94. The van der Waals surface area contributed by atoms with Crippen LogP contribution in [0, 0.1) is 6.42 Å². The predicted octanol–water partition coefficient (Wildman–Crippen LogP) is 4.84. The normalized spacial score (nSPS) is 10.8. The minimum absolute atomic E-state index is 1.27. The van der Waals surface area contributed by atoms with Crippen LogP contribution < -0.4 is 0 Å². The maximum atomic E-state index is 2.25. The van der Waals surface area contributed by atoms with E-state index < -0.39 is 0 Å². The predicted molar refractivity (Wildman–Crippen MR) is 73.1 cm³/mol. The van der Waals surface area contributed by atoms with Gasteiger partial charge in [-0.25, -0.2) is 0 Å². The van der Waals surface area contributed by atoms with Gasteiger partial charge in [0.1, 0.15) is 0 Å². The fourth-order valence-electron chi connectivity index (χ4n) is 1.60. The zero-order valence-electron chi connectivity index (χ0n) is 8.59. The summed E-state index contributed by atoms with van der Waals surface area (Å²) in [5.41, 5.74) is 1.27. The van der Waals surface area contributed by atoms with Crippen molar-refractivity contribution in [2.75, 3.05) is 0 Å². The van der Waals surface area contributed by atoms with E-state index in [1.807, 2.05) is 28.7 Å². The van der Waals surface area contributed by atoms with Crippen molar-refractivity contribution < 1.29 is 0 Å². The molecular weight excluding hydrogens is 232 g/mol. The molecule has 77 valence electrons. The molecule has 0 amide bonds. The van der Waals surface area contributed by atoms with Gasteiger partial charge in [0.25, 0.3) is 4.19 Å². The SMILES string of the molecule is [CH](c1ccccc1)c1sc2ccccc2[s+]1. The third kappa shape index (κ3) is 1.99. The van der Waals surface area contributed by atoms with Crippen molar-refractivity contribution in [1.29, 1.82) is 0 Å². The molecule has 0 atom stereocenters. The van der Waals surface area contributed by atoms with Crippen LogP contribution in [-0.2, 0) is 0 Å². The van der Waals surface area contributed by atoms with Gasteiger partial charge in [-0.15, -0.1) is 0 Å². The highest BCUT2D eigenvalue weighted by atomic mass is 32.2. The minimum Gasteiger partial charge on any atom is -0.0622 e. The zero-order chi connectivity index (χ0) is 10.8. The molecule has 0 nitrogen and oxygen atoms in total. The maximum absolute atomic E-state index is 2.25. The van der Waals surface area contributed by atoms with E-state index in [-0.39, 0.29) is 0 Å². The zero-order valence-corrected chi connectivity index (χ0v) is 10.2. The molecule has 0 aliphatic rings. The topological polar surface area (TPSA) is 0 Å². The quantitative estimate of drug-likeness (QED) is 0.564. The molecule has 3 rings (SSSR count). The van der Waals surface area contributed by atoms with Gasteiger partial charge < -0.3 is 0 Å². The molecule has 0 saturated heterocycles. The third-order valence-corrected chi connectivity index (χ3v) is 4.77. The van der Waals surface area contributed by atoms with Crippen LogP contribution in [0.25, 0.3) is 9.40 Å². The van der Waals surface area contributed by atoms with Crippen LogP contribution in [0.2, 0.25) is 0 Å². The Bertz CT molecular complexity index is 563. The maximum Gasteiger partial charge on any atom is 0.264 e. The highest BCUT2D eigenvalue weighted by Gasteiger charge is 2.15. The summed E-state index contributed by atoms with van der Waals surface area (Å²) < 4.78 is 4.09. The number of benzene rings is 2. The molecule has 16 heavy (non-hydrogen) atoms. The summed E-state index contributed by atoms with van der Waals surface area (Å²) >= 11 is 3.71. The van der Waals surface area contributed by atoms with E-state index in [0.717, 1.165) is 0 Å². The second-order valence-corrected chi connectivity index (χ2v) is 5.95. The molecular formula is C14H10S2+. The van der Waals surface area contributed by atoms with Crippen molar-refractivity contribution in [3.63, 3.8) is 0 Å². The van der Waals surface area contributed by atoms with E-state index in [9.17, 15) is 0 Å². The Morgan fingerprint density at radius 1 is 0.875 bits per heavy atom. The monoisotopic (exact) mass is 242 g/mol. The Morgan fingerprint density at radius 2 is 1.62 bits per heavy atom. The van der Waals surface area contributed by atoms with Gasteiger partial charge in [-0.3, -0.25) is 0 Å². The number of hydrogen-bond donors (Lipinski definition) is 0. The van der Waals surface area contributed by atoms with Gasteiger partial charge in [-0.1, -0.05) is 42.5 Å². The van der Waals surface area contributed by atoms with Crippen LogP contribution >= 0.6 is 22.7 Å². The Hall–Kier alpha value is -1.25. The van der Waals surface area contributed by atoms with Gasteiger partial charge in [0.15, 0.2) is 9.40 Å². The van der Waals surface area contributed by atoms with Crippen LogP contribution in [0.1, 0.15) is 9.75 Å². The minimum atomic E-state index is 1.27. The van der Waals surface area contributed by atoms with Crippen LogP contribution in [0.4, 0.5) is 0 Å². The lowest BCUT2D eigenvalue weighted by molar-refractivity contribution is 1.53. The van der Waals surface area contributed by atoms with Crippen LogP contribution in [0.3, 0.4) is 0 Å². The summed E-state index contributed by atoms with van der Waals surface area (Å²) in [6, 6.07) is 19.0. The molecule has 0 saturated carbocycles. The Morgan fingerprint density at radius 3 is 2.44 bits per heavy atom. The molecule has 0 aliphatic carbocycles. The van der Waals surface area contributed by atoms with Gasteiger partial charge in [0.2, 0.25) is 0 Å². The summed E-state index contributed by atoms with van der Waals surface area (Å²) in [6.45, 7) is 0. The lowest BCUT2D eigenvalue weighted by atomic mass is 10.2. The highest BCUT2D eigenvalue weighted by molar-refractivity contribution is 7.39. The summed E-state index contributed by atoms with van der Waals surface area (Å²) in [5.74, 6) is 0. The first-order chi connectivity index (χ1) is 7.92. The number of hydrogen-bond acceptors (Lipinski definition) is 1. The lowest BCUT2D eigenvalue weighted by Gasteiger charge is -1.90. The van der Waals surface area contributed by atoms with Crippen molar-refractivity contribution in [1.82, 2.24) is 0 Å². The van der Waals surface area contributed by atoms with Crippen molar-refractivity contribution >= 4 is 32.1 Å². The molecule has 0 aliphatic heterocycles. The molecule has 0 N–H and O–H groups in total. The van der Waals surface area contributed by atoms with Gasteiger partial charge in [-0.2, -0.15) is 0 Å². The first-order valence-corrected chi connectivity index (χ1v) is 6.76. The van der Waals surface area contributed by atoms with Gasteiger partial charge in [0, 0.05) is 0 Å². The summed E-state index contributed by atoms with van der Waals surface area (Å²) in [4.78, 5) is 0. The smallest absolute Gasteiger partial charge is 0.0622 e. The fraction of sp³-hybridized carbons (Fsp3) is 0. The van der Waals surface area contributed by atoms with E-state index in [4.69, 9.17) is 0 Å². The Labute approximate surface area is 103 Å². The van der Waals surface area contributed by atoms with Crippen molar-refractivity contribution in [2.24, 2.45) is 0 Å². The van der Waals surface area contributed by atoms with Crippen LogP contribution in [0.15, 0.2) is 54.6 Å². The largest absolute Gasteiger partial charge is 0.264 e. The second kappa shape index (κ2) is 4.32. The molecule has 0 unspecified atom stereocenters. The molecule has 2 aromatic carbocycles. The van der Waals surface area contributed by atoms with Crippen LogP contribution in [0.5, 0.6) is 0 Å². The van der Waals surface area contributed by atoms with Crippen molar-refractivity contribution in [3.05, 3.63) is 70.8 Å². The molecule has 1 heterocycles. The van der Waals surface area contributed by atoms with Gasteiger partial charge in [0.05, 0.1) is 29.1 Å². The summed E-state index contributed by atoms with van der Waals surface area (Å²) in [6.07, 6.45) is 2.25. The molecule has 0 bridgehead atoms. The second-order valence-electron chi connectivity index (χ2n) is 3.52. The Balaban J connectivity index is 1.95. The third-order valence-electron chi connectivity index (χ3n) is 2.35. The molecule has 1 aromatic heterocycles. The molecule has 3 aromatic rings. The average molecular weight is 242 g/mol. The van der Waals surface area contributed by atoms with E-state index in [2.05, 4.69) is 55.0 Å². The number of rotatable bonds is 2. The highest BCUT2D eigenvalue weighted by Crippen LogP contribution is 2.33. The fourth-order valence-corrected chi connectivity index (χ4v) is 4.01. The van der Waals surface area contributed by atoms with E-state index in [1.165, 1.54) is 19.2 Å². The summed E-state index contributed by atoms with van der Waals surface area (Å²) in [7, 11) is 0. The molecule has 0 spiro atoms. The van der Waals surface area contributed by atoms with Crippen LogP contribution in [-0.4, -0.2) is 0 Å². The standard InChI is InChI=1S/C14H10S2/c1-2-6-11(7-3-1)10-14-15-12-8-4-5-9-13(12)16-14/h1-10H/q+1. The summed E-state index contributed by atoms with van der Waals surface area (Å²) in [5, 5.41) is 0. The van der Waals surface area contributed by atoms with E-state index in [0.29, 0.717) is 0 Å². The lowest BCUT2D eigenvalue weighted by Crippen LogP contribution is -1.77. The average Bonchev–Trinajstić information content (AvgIpc) is 2.72. The molecule has 0 fully saturated rings. The first-order valence-electron chi connectivity index (χ1n) is 5.13. The Kier molecular flexibility index (Phi) is 2.68. The van der Waals surface area contributed by atoms with Crippen molar-refractivity contribution in [2.45, 2.75) is 0 Å². The van der Waals surface area contributed by atoms with Gasteiger partial charge in [-0.05, 0) is 17.7 Å². The van der Waals surface area contributed by atoms with E-state index >= 15 is 0 Å².